The normalized spacial score (nSPS) is 16.9. The lowest BCUT2D eigenvalue weighted by Gasteiger charge is -2.25. The maximum Gasteiger partial charge on any atom is 0.260 e. The lowest BCUT2D eigenvalue weighted by molar-refractivity contribution is 0.383. The van der Waals surface area contributed by atoms with E-state index in [9.17, 15) is 8.42 Å². The van der Waals surface area contributed by atoms with Crippen LogP contribution in [0.2, 0.25) is 0 Å². The fraction of sp³-hybridized carbons (Fsp3) is 0.364. The largest absolute Gasteiger partial charge is 0.381 e. The summed E-state index contributed by atoms with van der Waals surface area (Å²) in [6.07, 6.45) is 4.48. The summed E-state index contributed by atoms with van der Waals surface area (Å²) in [5.41, 5.74) is 6.26. The molecule has 1 saturated carbocycles. The number of rotatable bonds is 3. The average Bonchev–Trinajstić information content (AvgIpc) is 2.60. The van der Waals surface area contributed by atoms with Crippen LogP contribution in [0.5, 0.6) is 0 Å². The van der Waals surface area contributed by atoms with Gasteiger partial charge in [-0.15, -0.1) is 0 Å². The van der Waals surface area contributed by atoms with E-state index in [0.717, 1.165) is 19.3 Å². The van der Waals surface area contributed by atoms with Gasteiger partial charge >= 0.3 is 0 Å². The number of nitrogens with one attached hydrogen (secondary N) is 1. The van der Waals surface area contributed by atoms with Crippen molar-refractivity contribution < 1.29 is 8.42 Å². The second-order valence-electron chi connectivity index (χ2n) is 4.48. The highest BCUT2D eigenvalue weighted by molar-refractivity contribution is 7.89. The van der Waals surface area contributed by atoms with Gasteiger partial charge in [-0.05, 0) is 25.0 Å². The first-order valence-corrected chi connectivity index (χ1v) is 7.31. The van der Waals surface area contributed by atoms with Crippen molar-refractivity contribution in [1.82, 2.24) is 14.1 Å². The number of imidazole rings is 1. The average molecular weight is 266 g/mol. The maximum atomic E-state index is 12.3. The first-order valence-electron chi connectivity index (χ1n) is 5.83. The van der Waals surface area contributed by atoms with Gasteiger partial charge in [0.25, 0.3) is 10.0 Å². The number of sulfonamides is 1. The maximum absolute atomic E-state index is 12.3. The molecule has 0 spiro atoms. The van der Waals surface area contributed by atoms with Gasteiger partial charge in [0.15, 0.2) is 10.8 Å². The van der Waals surface area contributed by atoms with E-state index in [1.807, 2.05) is 0 Å². The summed E-state index contributed by atoms with van der Waals surface area (Å²) >= 11 is 0. The molecule has 6 nitrogen and oxygen atoms in total. The van der Waals surface area contributed by atoms with Crippen molar-refractivity contribution in [3.8, 4) is 0 Å². The van der Waals surface area contributed by atoms with Gasteiger partial charge in [0.2, 0.25) is 0 Å². The summed E-state index contributed by atoms with van der Waals surface area (Å²) in [7, 11) is -3.61. The standard InChI is InChI=1S/C11H14N4O2S/c12-10-11(15-7-2-1-6-9(15)13-10)18(16,17)14-8-4-3-5-8/h1-2,6-8,14H,3-5,12H2. The molecule has 7 heteroatoms. The Bertz CT molecular complexity index is 688. The van der Waals surface area contributed by atoms with Gasteiger partial charge in [0, 0.05) is 12.2 Å². The van der Waals surface area contributed by atoms with E-state index in [1.54, 1.807) is 24.4 Å². The summed E-state index contributed by atoms with van der Waals surface area (Å²) < 4.78 is 28.7. The van der Waals surface area contributed by atoms with Crippen molar-refractivity contribution in [2.75, 3.05) is 5.73 Å². The van der Waals surface area contributed by atoms with Crippen molar-refractivity contribution in [2.45, 2.75) is 30.3 Å². The van der Waals surface area contributed by atoms with Crippen LogP contribution < -0.4 is 10.5 Å². The monoisotopic (exact) mass is 266 g/mol. The number of nitrogen functional groups attached to an aromatic ring is 1. The Hall–Kier alpha value is -1.60. The molecule has 0 aromatic carbocycles. The van der Waals surface area contributed by atoms with Gasteiger partial charge < -0.3 is 5.73 Å². The Kier molecular flexibility index (Phi) is 2.53. The third kappa shape index (κ3) is 1.75. The number of hydrogen-bond donors (Lipinski definition) is 2. The fourth-order valence-corrected chi connectivity index (χ4v) is 3.58. The van der Waals surface area contributed by atoms with Crippen LogP contribution in [-0.4, -0.2) is 23.8 Å². The van der Waals surface area contributed by atoms with E-state index in [0.29, 0.717) is 5.65 Å². The number of pyridine rings is 1. The highest BCUT2D eigenvalue weighted by atomic mass is 32.2. The Morgan fingerprint density at radius 1 is 1.39 bits per heavy atom. The van der Waals surface area contributed by atoms with Crippen molar-refractivity contribution in [3.05, 3.63) is 24.4 Å². The number of fused-ring (bicyclic) bond motifs is 1. The minimum atomic E-state index is -3.61. The quantitative estimate of drug-likeness (QED) is 0.857. The Morgan fingerprint density at radius 2 is 2.17 bits per heavy atom. The molecule has 3 rings (SSSR count). The van der Waals surface area contributed by atoms with Crippen molar-refractivity contribution in [2.24, 2.45) is 0 Å². The van der Waals surface area contributed by atoms with Crippen LogP contribution in [-0.2, 0) is 10.0 Å². The molecular formula is C11H14N4O2S. The summed E-state index contributed by atoms with van der Waals surface area (Å²) in [4.78, 5) is 4.05. The number of nitrogens with zero attached hydrogens (tertiary/aromatic N) is 2. The topological polar surface area (TPSA) is 89.5 Å². The van der Waals surface area contributed by atoms with Gasteiger partial charge in [-0.25, -0.2) is 18.1 Å². The molecule has 0 radical (unpaired) electrons. The van der Waals surface area contributed by atoms with Crippen molar-refractivity contribution >= 4 is 21.5 Å². The molecule has 1 aliphatic carbocycles. The molecule has 1 aliphatic rings. The second kappa shape index (κ2) is 3.96. The Balaban J connectivity index is 2.09. The smallest absolute Gasteiger partial charge is 0.260 e. The third-order valence-electron chi connectivity index (χ3n) is 3.19. The van der Waals surface area contributed by atoms with Crippen LogP contribution >= 0.6 is 0 Å². The van der Waals surface area contributed by atoms with E-state index in [2.05, 4.69) is 9.71 Å². The predicted molar refractivity (Wildman–Crippen MR) is 67.6 cm³/mol. The van der Waals surface area contributed by atoms with Crippen molar-refractivity contribution in [1.29, 1.82) is 0 Å². The molecule has 96 valence electrons. The molecule has 2 heterocycles. The first-order chi connectivity index (χ1) is 8.58. The number of hydrogen-bond acceptors (Lipinski definition) is 4. The number of anilines is 1. The van der Waals surface area contributed by atoms with Crippen LogP contribution in [0.25, 0.3) is 5.65 Å². The SMILES string of the molecule is Nc1nc2ccccn2c1S(=O)(=O)NC1CCC1. The van der Waals surface area contributed by atoms with E-state index in [1.165, 1.54) is 4.40 Å². The predicted octanol–water partition coefficient (Wildman–Crippen LogP) is 0.747. The van der Waals surface area contributed by atoms with E-state index < -0.39 is 10.0 Å². The summed E-state index contributed by atoms with van der Waals surface area (Å²) in [6, 6.07) is 5.29. The zero-order valence-corrected chi connectivity index (χ0v) is 10.5. The molecule has 0 atom stereocenters. The second-order valence-corrected chi connectivity index (χ2v) is 6.11. The number of nitrogens with two attached hydrogens (primary N) is 1. The minimum Gasteiger partial charge on any atom is -0.381 e. The third-order valence-corrected chi connectivity index (χ3v) is 4.75. The molecule has 3 N–H and O–H groups in total. The molecule has 0 aliphatic heterocycles. The summed E-state index contributed by atoms with van der Waals surface area (Å²) in [5, 5.41) is 0.0324. The highest BCUT2D eigenvalue weighted by Crippen LogP contribution is 2.24. The molecule has 2 aromatic rings. The molecule has 0 saturated heterocycles. The van der Waals surface area contributed by atoms with Crippen molar-refractivity contribution in [3.63, 3.8) is 0 Å². The van der Waals surface area contributed by atoms with Gasteiger partial charge in [-0.3, -0.25) is 4.40 Å². The summed E-state index contributed by atoms with van der Waals surface area (Å²) in [6.45, 7) is 0. The molecule has 2 aromatic heterocycles. The zero-order chi connectivity index (χ0) is 12.8. The van der Waals surface area contributed by atoms with E-state index in [-0.39, 0.29) is 16.9 Å². The zero-order valence-electron chi connectivity index (χ0n) is 9.70. The molecular weight excluding hydrogens is 252 g/mol. The van der Waals surface area contributed by atoms with E-state index >= 15 is 0 Å². The Labute approximate surface area is 105 Å². The molecule has 0 unspecified atom stereocenters. The lowest BCUT2D eigenvalue weighted by atomic mass is 9.94. The molecule has 18 heavy (non-hydrogen) atoms. The van der Waals surface area contributed by atoms with Gasteiger partial charge in [-0.1, -0.05) is 12.5 Å². The first kappa shape index (κ1) is 11.5. The summed E-state index contributed by atoms with van der Waals surface area (Å²) in [5.74, 6) is 0.0352. The van der Waals surface area contributed by atoms with Crippen LogP contribution in [0, 0.1) is 0 Å². The van der Waals surface area contributed by atoms with Crippen LogP contribution in [0.4, 0.5) is 5.82 Å². The van der Waals surface area contributed by atoms with Crippen LogP contribution in [0.15, 0.2) is 29.4 Å². The molecule has 1 fully saturated rings. The van der Waals surface area contributed by atoms with Crippen LogP contribution in [0.3, 0.4) is 0 Å². The van der Waals surface area contributed by atoms with Crippen LogP contribution in [0.1, 0.15) is 19.3 Å². The van der Waals surface area contributed by atoms with Gasteiger partial charge in [0.05, 0.1) is 0 Å². The highest BCUT2D eigenvalue weighted by Gasteiger charge is 2.29. The fourth-order valence-electron chi connectivity index (χ4n) is 2.06. The van der Waals surface area contributed by atoms with E-state index in [4.69, 9.17) is 5.73 Å². The number of aromatic nitrogens is 2. The Morgan fingerprint density at radius 3 is 2.83 bits per heavy atom. The molecule has 0 amide bonds. The minimum absolute atomic E-state index is 0.0312. The van der Waals surface area contributed by atoms with Gasteiger partial charge in [0.1, 0.15) is 5.65 Å². The lowest BCUT2D eigenvalue weighted by Crippen LogP contribution is -2.40. The molecule has 0 bridgehead atoms. The van der Waals surface area contributed by atoms with Gasteiger partial charge in [-0.2, -0.15) is 0 Å².